The highest BCUT2D eigenvalue weighted by atomic mass is 32.2. The van der Waals surface area contributed by atoms with Crippen LogP contribution in [0.25, 0.3) is 0 Å². The van der Waals surface area contributed by atoms with Gasteiger partial charge in [-0.05, 0) is 6.92 Å². The first-order valence-electron chi connectivity index (χ1n) is 4.50. The lowest BCUT2D eigenvalue weighted by atomic mass is 10.2. The lowest BCUT2D eigenvalue weighted by Crippen LogP contribution is -2.36. The van der Waals surface area contributed by atoms with Crippen LogP contribution in [-0.4, -0.2) is 30.8 Å². The number of aromatic amines is 1. The summed E-state index contributed by atoms with van der Waals surface area (Å²) in [7, 11) is -4.09. The largest absolute Gasteiger partial charge is 0.390 e. The van der Waals surface area contributed by atoms with Crippen molar-refractivity contribution in [2.45, 2.75) is 30.5 Å². The summed E-state index contributed by atoms with van der Waals surface area (Å²) in [4.78, 5) is -0.369. The third-order valence-corrected chi connectivity index (χ3v) is 3.43. The minimum Gasteiger partial charge on any atom is -0.383 e. The van der Waals surface area contributed by atoms with Crippen molar-refractivity contribution in [1.82, 2.24) is 14.9 Å². The molecule has 1 aromatic rings. The average Bonchev–Trinajstić information content (AvgIpc) is 2.46. The van der Waals surface area contributed by atoms with Crippen molar-refractivity contribution >= 4 is 15.8 Å². The van der Waals surface area contributed by atoms with E-state index in [2.05, 4.69) is 10.2 Å². The van der Waals surface area contributed by atoms with E-state index in [9.17, 15) is 21.6 Å². The highest BCUT2D eigenvalue weighted by Gasteiger charge is 2.32. The molecule has 0 aliphatic heterocycles. The van der Waals surface area contributed by atoms with Crippen LogP contribution in [0.1, 0.15) is 13.3 Å². The molecule has 4 N–H and O–H groups in total. The van der Waals surface area contributed by atoms with E-state index in [0.717, 1.165) is 13.1 Å². The highest BCUT2D eigenvalue weighted by Crippen LogP contribution is 2.22. The van der Waals surface area contributed by atoms with Crippen LogP contribution in [0.3, 0.4) is 0 Å². The molecular formula is C7H11F3N4O2S. The highest BCUT2D eigenvalue weighted by molar-refractivity contribution is 7.89. The van der Waals surface area contributed by atoms with E-state index in [1.165, 1.54) is 0 Å². The fourth-order valence-corrected chi connectivity index (χ4v) is 2.48. The van der Waals surface area contributed by atoms with Gasteiger partial charge in [-0.15, -0.1) is 0 Å². The molecule has 1 aromatic heterocycles. The van der Waals surface area contributed by atoms with Crippen LogP contribution >= 0.6 is 0 Å². The first-order chi connectivity index (χ1) is 7.62. The molecule has 0 amide bonds. The smallest absolute Gasteiger partial charge is 0.383 e. The fourth-order valence-electron chi connectivity index (χ4n) is 1.22. The van der Waals surface area contributed by atoms with Crippen molar-refractivity contribution in [2.75, 3.05) is 5.73 Å². The molecule has 1 rings (SSSR count). The van der Waals surface area contributed by atoms with Gasteiger partial charge in [-0.1, -0.05) is 0 Å². The Labute approximate surface area is 95.4 Å². The summed E-state index contributed by atoms with van der Waals surface area (Å²) in [6.45, 7) is 1.11. The molecule has 0 aliphatic carbocycles. The van der Waals surface area contributed by atoms with Crippen molar-refractivity contribution in [2.24, 2.45) is 0 Å². The molecular weight excluding hydrogens is 261 g/mol. The number of aromatic nitrogens is 2. The summed E-state index contributed by atoms with van der Waals surface area (Å²) in [5, 5.41) is 5.56. The first-order valence-corrected chi connectivity index (χ1v) is 5.98. The molecule has 0 bridgehead atoms. The van der Waals surface area contributed by atoms with Crippen molar-refractivity contribution in [3.8, 4) is 0 Å². The maximum Gasteiger partial charge on any atom is 0.390 e. The van der Waals surface area contributed by atoms with E-state index in [4.69, 9.17) is 5.73 Å². The van der Waals surface area contributed by atoms with Gasteiger partial charge in [0, 0.05) is 6.04 Å². The van der Waals surface area contributed by atoms with Gasteiger partial charge in [-0.2, -0.15) is 18.3 Å². The maximum absolute atomic E-state index is 12.0. The molecule has 0 aliphatic rings. The van der Waals surface area contributed by atoms with Gasteiger partial charge in [0.15, 0.2) is 0 Å². The summed E-state index contributed by atoms with van der Waals surface area (Å²) >= 11 is 0. The third-order valence-electron chi connectivity index (χ3n) is 1.82. The quantitative estimate of drug-likeness (QED) is 0.747. The lowest BCUT2D eigenvalue weighted by Gasteiger charge is -2.15. The summed E-state index contributed by atoms with van der Waals surface area (Å²) in [5.41, 5.74) is 5.27. The number of anilines is 1. The van der Waals surface area contributed by atoms with Crippen LogP contribution in [0, 0.1) is 0 Å². The standard InChI is InChI=1S/C7H11F3N4O2S/c1-4(2-7(8,9)10)14-17(15,16)5-3-12-13-6(5)11/h3-4,14H,2H2,1H3,(H3,11,12,13). The van der Waals surface area contributed by atoms with E-state index in [0.29, 0.717) is 0 Å². The molecule has 0 aromatic carbocycles. The molecule has 0 radical (unpaired) electrons. The number of nitrogen functional groups attached to an aromatic ring is 1. The first kappa shape index (κ1) is 13.8. The average molecular weight is 272 g/mol. The van der Waals surface area contributed by atoms with E-state index >= 15 is 0 Å². The summed E-state index contributed by atoms with van der Waals surface area (Å²) in [6, 6.07) is -1.28. The van der Waals surface area contributed by atoms with E-state index < -0.39 is 28.7 Å². The number of rotatable bonds is 4. The lowest BCUT2D eigenvalue weighted by molar-refractivity contribution is -0.137. The van der Waals surface area contributed by atoms with Gasteiger partial charge < -0.3 is 5.73 Å². The molecule has 6 nitrogen and oxygen atoms in total. The Hall–Kier alpha value is -1.29. The zero-order valence-corrected chi connectivity index (χ0v) is 9.56. The summed E-state index contributed by atoms with van der Waals surface area (Å²) < 4.78 is 61.1. The number of halogens is 3. The Balaban J connectivity index is 2.78. The van der Waals surface area contributed by atoms with Crippen LogP contribution in [0.15, 0.2) is 11.1 Å². The zero-order chi connectivity index (χ0) is 13.3. The molecule has 0 saturated heterocycles. The normalized spacial score (nSPS) is 14.8. The summed E-state index contributed by atoms with van der Waals surface area (Å²) in [5.74, 6) is -0.225. The number of nitrogens with one attached hydrogen (secondary N) is 2. The predicted octanol–water partition coefficient (Wildman–Crippen LogP) is 0.611. The van der Waals surface area contributed by atoms with Crippen LogP contribution < -0.4 is 10.5 Å². The minimum absolute atomic E-state index is 0.225. The SMILES string of the molecule is CC(CC(F)(F)F)NS(=O)(=O)c1cn[nH]c1N. The fraction of sp³-hybridized carbons (Fsp3) is 0.571. The van der Waals surface area contributed by atoms with E-state index in [1.54, 1.807) is 0 Å². The monoisotopic (exact) mass is 272 g/mol. The number of hydrogen-bond acceptors (Lipinski definition) is 4. The number of alkyl halides is 3. The van der Waals surface area contributed by atoms with Crippen LogP contribution in [0.4, 0.5) is 19.0 Å². The molecule has 10 heteroatoms. The maximum atomic E-state index is 12.0. The zero-order valence-electron chi connectivity index (χ0n) is 8.75. The minimum atomic E-state index is -4.44. The molecule has 0 saturated carbocycles. The van der Waals surface area contributed by atoms with Crippen LogP contribution in [0.2, 0.25) is 0 Å². The Bertz CT molecular complexity index is 482. The van der Waals surface area contributed by atoms with Crippen molar-refractivity contribution in [1.29, 1.82) is 0 Å². The number of hydrogen-bond donors (Lipinski definition) is 3. The van der Waals surface area contributed by atoms with Crippen LogP contribution in [-0.2, 0) is 10.0 Å². The number of H-pyrrole nitrogens is 1. The van der Waals surface area contributed by atoms with Gasteiger partial charge in [0.05, 0.1) is 12.6 Å². The second kappa shape index (κ2) is 4.53. The second-order valence-electron chi connectivity index (χ2n) is 3.49. The molecule has 0 spiro atoms. The Morgan fingerprint density at radius 1 is 1.59 bits per heavy atom. The molecule has 1 unspecified atom stereocenters. The van der Waals surface area contributed by atoms with Crippen LogP contribution in [0.5, 0.6) is 0 Å². The Morgan fingerprint density at radius 2 is 2.18 bits per heavy atom. The van der Waals surface area contributed by atoms with Gasteiger partial charge in [-0.25, -0.2) is 13.1 Å². The molecule has 17 heavy (non-hydrogen) atoms. The van der Waals surface area contributed by atoms with E-state index in [1.807, 2.05) is 4.72 Å². The van der Waals surface area contributed by atoms with Crippen molar-refractivity contribution < 1.29 is 21.6 Å². The van der Waals surface area contributed by atoms with E-state index in [-0.39, 0.29) is 10.7 Å². The molecule has 98 valence electrons. The van der Waals surface area contributed by atoms with Gasteiger partial charge in [0.1, 0.15) is 10.7 Å². The second-order valence-corrected chi connectivity index (χ2v) is 5.17. The molecule has 1 heterocycles. The Kier molecular flexibility index (Phi) is 3.67. The number of sulfonamides is 1. The summed E-state index contributed by atoms with van der Waals surface area (Å²) in [6.07, 6.45) is -4.77. The van der Waals surface area contributed by atoms with Crippen molar-refractivity contribution in [3.63, 3.8) is 0 Å². The van der Waals surface area contributed by atoms with Gasteiger partial charge in [0.2, 0.25) is 10.0 Å². The van der Waals surface area contributed by atoms with Gasteiger partial charge in [0.25, 0.3) is 0 Å². The third kappa shape index (κ3) is 3.89. The number of nitrogens with zero attached hydrogens (tertiary/aromatic N) is 1. The number of nitrogens with two attached hydrogens (primary N) is 1. The molecule has 1 atom stereocenters. The van der Waals surface area contributed by atoms with Crippen molar-refractivity contribution in [3.05, 3.63) is 6.20 Å². The Morgan fingerprint density at radius 3 is 2.59 bits per heavy atom. The topological polar surface area (TPSA) is 101 Å². The van der Waals surface area contributed by atoms with Gasteiger partial charge in [-0.3, -0.25) is 5.10 Å². The van der Waals surface area contributed by atoms with Gasteiger partial charge >= 0.3 is 6.18 Å². The predicted molar refractivity (Wildman–Crippen MR) is 53.5 cm³/mol. The molecule has 0 fully saturated rings.